The van der Waals surface area contributed by atoms with E-state index in [1.807, 2.05) is 0 Å². The highest BCUT2D eigenvalue weighted by Crippen LogP contribution is 2.14. The standard InChI is InChI=1S/C12H26N2O/c1-4-7-13-10-11(2)14(3)12-5-8-15-9-6-12/h11-13H,4-10H2,1-3H3. The van der Waals surface area contributed by atoms with E-state index < -0.39 is 0 Å². The van der Waals surface area contributed by atoms with Gasteiger partial charge in [-0.25, -0.2) is 0 Å². The molecule has 15 heavy (non-hydrogen) atoms. The fourth-order valence-electron chi connectivity index (χ4n) is 2.08. The Morgan fingerprint density at radius 2 is 2.07 bits per heavy atom. The summed E-state index contributed by atoms with van der Waals surface area (Å²) in [5.41, 5.74) is 0. The van der Waals surface area contributed by atoms with Crippen molar-refractivity contribution in [1.82, 2.24) is 10.2 Å². The smallest absolute Gasteiger partial charge is 0.0480 e. The normalized spacial score (nSPS) is 20.8. The lowest BCUT2D eigenvalue weighted by molar-refractivity contribution is 0.0312. The summed E-state index contributed by atoms with van der Waals surface area (Å²) >= 11 is 0. The third kappa shape index (κ3) is 4.49. The van der Waals surface area contributed by atoms with Gasteiger partial charge in [0, 0.05) is 31.8 Å². The molecular weight excluding hydrogens is 188 g/mol. The van der Waals surface area contributed by atoms with E-state index in [1.54, 1.807) is 0 Å². The van der Waals surface area contributed by atoms with Gasteiger partial charge in [-0.1, -0.05) is 6.92 Å². The van der Waals surface area contributed by atoms with Gasteiger partial charge in [-0.3, -0.25) is 4.90 Å². The summed E-state index contributed by atoms with van der Waals surface area (Å²) in [6.07, 6.45) is 3.59. The zero-order valence-electron chi connectivity index (χ0n) is 10.5. The lowest BCUT2D eigenvalue weighted by atomic mass is 10.1. The predicted molar refractivity (Wildman–Crippen MR) is 64.2 cm³/mol. The van der Waals surface area contributed by atoms with Gasteiger partial charge in [0.15, 0.2) is 0 Å². The summed E-state index contributed by atoms with van der Waals surface area (Å²) in [5, 5.41) is 3.48. The van der Waals surface area contributed by atoms with Crippen LogP contribution in [-0.2, 0) is 4.74 Å². The SMILES string of the molecule is CCCNCC(C)N(C)C1CCOCC1. The largest absolute Gasteiger partial charge is 0.381 e. The molecule has 0 radical (unpaired) electrons. The van der Waals surface area contributed by atoms with Gasteiger partial charge in [0.1, 0.15) is 0 Å². The maximum absolute atomic E-state index is 5.39. The fraction of sp³-hybridized carbons (Fsp3) is 1.00. The Bertz CT molecular complexity index is 158. The highest BCUT2D eigenvalue weighted by Gasteiger charge is 2.21. The number of nitrogens with zero attached hydrogens (tertiary/aromatic N) is 1. The number of ether oxygens (including phenoxy) is 1. The third-order valence-corrected chi connectivity index (χ3v) is 3.33. The van der Waals surface area contributed by atoms with Crippen LogP contribution in [0.3, 0.4) is 0 Å². The molecule has 1 N–H and O–H groups in total. The van der Waals surface area contributed by atoms with Gasteiger partial charge in [0.05, 0.1) is 0 Å². The van der Waals surface area contributed by atoms with Crippen LogP contribution in [-0.4, -0.2) is 50.3 Å². The van der Waals surface area contributed by atoms with Gasteiger partial charge in [-0.05, 0) is 39.8 Å². The van der Waals surface area contributed by atoms with Crippen molar-refractivity contribution in [3.05, 3.63) is 0 Å². The quantitative estimate of drug-likeness (QED) is 0.678. The van der Waals surface area contributed by atoms with Crippen molar-refractivity contribution in [2.75, 3.05) is 33.4 Å². The molecule has 0 bridgehead atoms. The molecule has 1 aliphatic rings. The second kappa shape index (κ2) is 7.20. The van der Waals surface area contributed by atoms with E-state index in [0.29, 0.717) is 6.04 Å². The van der Waals surface area contributed by atoms with Crippen molar-refractivity contribution in [3.8, 4) is 0 Å². The second-order valence-electron chi connectivity index (χ2n) is 4.56. The minimum Gasteiger partial charge on any atom is -0.381 e. The van der Waals surface area contributed by atoms with Gasteiger partial charge in [-0.15, -0.1) is 0 Å². The molecule has 1 heterocycles. The van der Waals surface area contributed by atoms with E-state index in [9.17, 15) is 0 Å². The van der Waals surface area contributed by atoms with E-state index in [1.165, 1.54) is 19.3 Å². The lowest BCUT2D eigenvalue weighted by Crippen LogP contribution is -2.46. The molecule has 0 aromatic rings. The maximum atomic E-state index is 5.39. The van der Waals surface area contributed by atoms with Crippen LogP contribution in [0, 0.1) is 0 Å². The monoisotopic (exact) mass is 214 g/mol. The predicted octanol–water partition coefficient (Wildman–Crippen LogP) is 1.49. The number of hydrogen-bond donors (Lipinski definition) is 1. The number of nitrogens with one attached hydrogen (secondary N) is 1. The molecule has 90 valence electrons. The van der Waals surface area contributed by atoms with E-state index in [0.717, 1.165) is 32.3 Å². The summed E-state index contributed by atoms with van der Waals surface area (Å²) in [6.45, 7) is 8.61. The zero-order valence-corrected chi connectivity index (χ0v) is 10.5. The van der Waals surface area contributed by atoms with Crippen molar-refractivity contribution < 1.29 is 4.74 Å². The van der Waals surface area contributed by atoms with Gasteiger partial charge < -0.3 is 10.1 Å². The first kappa shape index (κ1) is 12.9. The Hall–Kier alpha value is -0.120. The molecule has 0 aliphatic carbocycles. The first-order chi connectivity index (χ1) is 7.25. The summed E-state index contributed by atoms with van der Waals surface area (Å²) in [4.78, 5) is 2.51. The fourth-order valence-corrected chi connectivity index (χ4v) is 2.08. The minimum atomic E-state index is 0.625. The van der Waals surface area contributed by atoms with Crippen LogP contribution in [0.5, 0.6) is 0 Å². The minimum absolute atomic E-state index is 0.625. The number of likely N-dealkylation sites (N-methyl/N-ethyl adjacent to an activating group) is 1. The highest BCUT2D eigenvalue weighted by atomic mass is 16.5. The average molecular weight is 214 g/mol. The van der Waals surface area contributed by atoms with E-state index >= 15 is 0 Å². The van der Waals surface area contributed by atoms with Gasteiger partial charge in [0.25, 0.3) is 0 Å². The Morgan fingerprint density at radius 3 is 2.67 bits per heavy atom. The van der Waals surface area contributed by atoms with Crippen molar-refractivity contribution in [1.29, 1.82) is 0 Å². The Balaban J connectivity index is 2.21. The van der Waals surface area contributed by atoms with Crippen LogP contribution < -0.4 is 5.32 Å². The van der Waals surface area contributed by atoms with Gasteiger partial charge in [0.2, 0.25) is 0 Å². The molecule has 0 saturated carbocycles. The molecule has 1 atom stereocenters. The first-order valence-corrected chi connectivity index (χ1v) is 6.26. The van der Waals surface area contributed by atoms with Crippen LogP contribution in [0.25, 0.3) is 0 Å². The lowest BCUT2D eigenvalue weighted by Gasteiger charge is -2.35. The van der Waals surface area contributed by atoms with Gasteiger partial charge in [-0.2, -0.15) is 0 Å². The molecule has 1 saturated heterocycles. The molecule has 0 aromatic heterocycles. The van der Waals surface area contributed by atoms with Crippen LogP contribution in [0.15, 0.2) is 0 Å². The molecule has 1 fully saturated rings. The summed E-state index contributed by atoms with van der Waals surface area (Å²) in [7, 11) is 2.24. The van der Waals surface area contributed by atoms with Crippen molar-refractivity contribution in [3.63, 3.8) is 0 Å². The molecule has 3 nitrogen and oxygen atoms in total. The van der Waals surface area contributed by atoms with Crippen molar-refractivity contribution >= 4 is 0 Å². The third-order valence-electron chi connectivity index (χ3n) is 3.33. The van der Waals surface area contributed by atoms with Crippen LogP contribution in [0.1, 0.15) is 33.1 Å². The molecule has 0 spiro atoms. The average Bonchev–Trinajstić information content (AvgIpc) is 2.29. The number of hydrogen-bond acceptors (Lipinski definition) is 3. The molecule has 1 rings (SSSR count). The van der Waals surface area contributed by atoms with E-state index in [-0.39, 0.29) is 0 Å². The summed E-state index contributed by atoms with van der Waals surface area (Å²) in [5.74, 6) is 0. The Kier molecular flexibility index (Phi) is 6.22. The molecule has 1 aliphatic heterocycles. The zero-order chi connectivity index (χ0) is 11.1. The molecule has 3 heteroatoms. The van der Waals surface area contributed by atoms with Crippen LogP contribution in [0.2, 0.25) is 0 Å². The molecule has 1 unspecified atom stereocenters. The molecular formula is C12H26N2O. The van der Waals surface area contributed by atoms with Crippen molar-refractivity contribution in [2.24, 2.45) is 0 Å². The summed E-state index contributed by atoms with van der Waals surface area (Å²) < 4.78 is 5.39. The topological polar surface area (TPSA) is 24.5 Å². The van der Waals surface area contributed by atoms with E-state index in [4.69, 9.17) is 4.74 Å². The summed E-state index contributed by atoms with van der Waals surface area (Å²) in [6, 6.07) is 1.34. The number of rotatable bonds is 6. The van der Waals surface area contributed by atoms with E-state index in [2.05, 4.69) is 31.1 Å². The first-order valence-electron chi connectivity index (χ1n) is 6.26. The second-order valence-corrected chi connectivity index (χ2v) is 4.56. The van der Waals surface area contributed by atoms with Crippen molar-refractivity contribution in [2.45, 2.75) is 45.2 Å². The van der Waals surface area contributed by atoms with Gasteiger partial charge >= 0.3 is 0 Å². The molecule has 0 aromatic carbocycles. The van der Waals surface area contributed by atoms with Crippen LogP contribution in [0.4, 0.5) is 0 Å². The maximum Gasteiger partial charge on any atom is 0.0480 e. The Morgan fingerprint density at radius 1 is 1.40 bits per heavy atom. The highest BCUT2D eigenvalue weighted by molar-refractivity contribution is 4.77. The van der Waals surface area contributed by atoms with Crippen LogP contribution >= 0.6 is 0 Å². The Labute approximate surface area is 94.2 Å². The molecule has 0 amide bonds.